The van der Waals surface area contributed by atoms with Crippen LogP contribution in [0.5, 0.6) is 0 Å². The third-order valence-electron chi connectivity index (χ3n) is 4.82. The van der Waals surface area contributed by atoms with Crippen LogP contribution in [-0.4, -0.2) is 31.3 Å². The minimum atomic E-state index is 0.342. The third kappa shape index (κ3) is 21.9. The van der Waals surface area contributed by atoms with Crippen molar-refractivity contribution in [3.63, 3.8) is 0 Å². The largest absolute Gasteiger partial charge is 0.396 e. The zero-order chi connectivity index (χ0) is 17.6. The summed E-state index contributed by atoms with van der Waals surface area (Å²) in [5, 5.41) is 12.2. The van der Waals surface area contributed by atoms with Gasteiger partial charge in [0.05, 0.1) is 0 Å². The zero-order valence-electron chi connectivity index (χ0n) is 16.4. The van der Waals surface area contributed by atoms with Crippen molar-refractivity contribution in [1.29, 1.82) is 0 Å². The SMILES string of the molecule is NCCCCCCCCCCCCCCCCNCCCCCO. The van der Waals surface area contributed by atoms with Crippen molar-refractivity contribution < 1.29 is 5.11 Å². The van der Waals surface area contributed by atoms with Gasteiger partial charge in [-0.3, -0.25) is 0 Å². The number of aliphatic hydroxyl groups is 1. The predicted molar refractivity (Wildman–Crippen MR) is 107 cm³/mol. The van der Waals surface area contributed by atoms with Crippen LogP contribution in [0.1, 0.15) is 109 Å². The molecule has 0 aromatic carbocycles. The standard InChI is InChI=1S/C21H46N2O/c22-18-14-11-9-7-5-3-1-2-4-6-8-10-12-15-19-23-20-16-13-17-21-24/h23-24H,1-22H2. The molecule has 4 N–H and O–H groups in total. The van der Waals surface area contributed by atoms with E-state index in [0.717, 1.165) is 25.9 Å². The Morgan fingerprint density at radius 2 is 0.792 bits per heavy atom. The van der Waals surface area contributed by atoms with Crippen LogP contribution in [-0.2, 0) is 0 Å². The Kier molecular flexibility index (Phi) is 22.8. The molecule has 0 spiro atoms. The van der Waals surface area contributed by atoms with Gasteiger partial charge in [-0.15, -0.1) is 0 Å². The van der Waals surface area contributed by atoms with Gasteiger partial charge in [-0.1, -0.05) is 77.0 Å². The monoisotopic (exact) mass is 342 g/mol. The molecule has 0 amide bonds. The van der Waals surface area contributed by atoms with Crippen molar-refractivity contribution in [3.8, 4) is 0 Å². The van der Waals surface area contributed by atoms with Gasteiger partial charge in [-0.25, -0.2) is 0 Å². The third-order valence-corrected chi connectivity index (χ3v) is 4.82. The number of hydrogen-bond donors (Lipinski definition) is 3. The van der Waals surface area contributed by atoms with E-state index in [1.54, 1.807) is 0 Å². The van der Waals surface area contributed by atoms with E-state index in [0.29, 0.717) is 6.61 Å². The molecule has 0 aromatic rings. The average Bonchev–Trinajstić information content (AvgIpc) is 2.60. The van der Waals surface area contributed by atoms with Crippen molar-refractivity contribution in [2.24, 2.45) is 5.73 Å². The second kappa shape index (κ2) is 22.9. The van der Waals surface area contributed by atoms with Gasteiger partial charge in [-0.2, -0.15) is 0 Å². The minimum Gasteiger partial charge on any atom is -0.396 e. The maximum absolute atomic E-state index is 8.69. The molecule has 0 saturated heterocycles. The van der Waals surface area contributed by atoms with Crippen LogP contribution in [0.4, 0.5) is 0 Å². The molecule has 0 atom stereocenters. The highest BCUT2D eigenvalue weighted by Gasteiger charge is 1.94. The summed E-state index contributed by atoms with van der Waals surface area (Å²) in [6.07, 6.45) is 22.8. The van der Waals surface area contributed by atoms with E-state index >= 15 is 0 Å². The topological polar surface area (TPSA) is 58.3 Å². The van der Waals surface area contributed by atoms with Crippen LogP contribution in [0.15, 0.2) is 0 Å². The summed E-state index contributed by atoms with van der Waals surface area (Å²) in [5.74, 6) is 0. The first-order valence-electron chi connectivity index (χ1n) is 10.9. The number of nitrogens with two attached hydrogens (primary N) is 1. The molecule has 3 heteroatoms. The molecule has 24 heavy (non-hydrogen) atoms. The molecular weight excluding hydrogens is 296 g/mol. The number of hydrogen-bond acceptors (Lipinski definition) is 3. The van der Waals surface area contributed by atoms with Crippen molar-refractivity contribution in [1.82, 2.24) is 5.32 Å². The van der Waals surface area contributed by atoms with E-state index in [1.807, 2.05) is 0 Å². The second-order valence-corrected chi connectivity index (χ2v) is 7.27. The Balaban J connectivity index is 2.93. The molecule has 0 aliphatic carbocycles. The van der Waals surface area contributed by atoms with Crippen LogP contribution in [0.25, 0.3) is 0 Å². The fourth-order valence-corrected chi connectivity index (χ4v) is 3.18. The van der Waals surface area contributed by atoms with Gasteiger partial charge in [-0.05, 0) is 51.7 Å². The van der Waals surface area contributed by atoms with E-state index < -0.39 is 0 Å². The summed E-state index contributed by atoms with van der Waals surface area (Å²) in [5.41, 5.74) is 5.50. The van der Waals surface area contributed by atoms with Gasteiger partial charge < -0.3 is 16.2 Å². The molecule has 0 aliphatic rings. The lowest BCUT2D eigenvalue weighted by atomic mass is 10.0. The average molecular weight is 343 g/mol. The van der Waals surface area contributed by atoms with Crippen molar-refractivity contribution in [2.45, 2.75) is 109 Å². The molecule has 3 nitrogen and oxygen atoms in total. The molecule has 146 valence electrons. The van der Waals surface area contributed by atoms with Crippen molar-refractivity contribution in [3.05, 3.63) is 0 Å². The summed E-state index contributed by atoms with van der Waals surface area (Å²) in [4.78, 5) is 0. The van der Waals surface area contributed by atoms with Crippen LogP contribution >= 0.6 is 0 Å². The maximum atomic E-state index is 8.69. The van der Waals surface area contributed by atoms with E-state index in [4.69, 9.17) is 10.8 Å². The lowest BCUT2D eigenvalue weighted by molar-refractivity contribution is 0.283. The Labute approximate surface area is 152 Å². The first-order valence-corrected chi connectivity index (χ1v) is 10.9. The van der Waals surface area contributed by atoms with Gasteiger partial charge in [0.15, 0.2) is 0 Å². The normalized spacial score (nSPS) is 11.2. The number of aliphatic hydroxyl groups excluding tert-OH is 1. The molecule has 0 saturated carbocycles. The summed E-state index contributed by atoms with van der Waals surface area (Å²) < 4.78 is 0. The Morgan fingerprint density at radius 3 is 1.17 bits per heavy atom. The van der Waals surface area contributed by atoms with Gasteiger partial charge >= 0.3 is 0 Å². The highest BCUT2D eigenvalue weighted by atomic mass is 16.2. The molecule has 0 fully saturated rings. The van der Waals surface area contributed by atoms with Crippen molar-refractivity contribution >= 4 is 0 Å². The molecule has 0 aliphatic heterocycles. The lowest BCUT2D eigenvalue weighted by Crippen LogP contribution is -2.16. The Hall–Kier alpha value is -0.120. The molecular formula is C21H46N2O. The molecule has 0 unspecified atom stereocenters. The fraction of sp³-hybridized carbons (Fsp3) is 1.00. The van der Waals surface area contributed by atoms with Gasteiger partial charge in [0, 0.05) is 6.61 Å². The number of unbranched alkanes of at least 4 members (excludes halogenated alkanes) is 15. The number of rotatable bonds is 21. The Morgan fingerprint density at radius 1 is 0.458 bits per heavy atom. The summed E-state index contributed by atoms with van der Waals surface area (Å²) in [6, 6.07) is 0. The number of nitrogens with one attached hydrogen (secondary N) is 1. The molecule has 0 radical (unpaired) electrons. The fourth-order valence-electron chi connectivity index (χ4n) is 3.18. The van der Waals surface area contributed by atoms with Gasteiger partial charge in [0.1, 0.15) is 0 Å². The first-order chi connectivity index (χ1) is 11.9. The minimum absolute atomic E-state index is 0.342. The van der Waals surface area contributed by atoms with E-state index in [1.165, 1.54) is 103 Å². The second-order valence-electron chi connectivity index (χ2n) is 7.27. The predicted octanol–water partition coefficient (Wildman–Crippen LogP) is 5.16. The highest BCUT2D eigenvalue weighted by molar-refractivity contribution is 4.52. The van der Waals surface area contributed by atoms with E-state index in [-0.39, 0.29) is 0 Å². The maximum Gasteiger partial charge on any atom is 0.0431 e. The molecule has 0 bridgehead atoms. The summed E-state index contributed by atoms with van der Waals surface area (Å²) >= 11 is 0. The van der Waals surface area contributed by atoms with Crippen LogP contribution < -0.4 is 11.1 Å². The summed E-state index contributed by atoms with van der Waals surface area (Å²) in [6.45, 7) is 3.49. The highest BCUT2D eigenvalue weighted by Crippen LogP contribution is 2.12. The van der Waals surface area contributed by atoms with Crippen molar-refractivity contribution in [2.75, 3.05) is 26.2 Å². The van der Waals surface area contributed by atoms with Crippen LogP contribution in [0.2, 0.25) is 0 Å². The zero-order valence-corrected chi connectivity index (χ0v) is 16.4. The molecule has 0 heterocycles. The quantitative estimate of drug-likeness (QED) is 0.253. The van der Waals surface area contributed by atoms with E-state index in [9.17, 15) is 0 Å². The van der Waals surface area contributed by atoms with E-state index in [2.05, 4.69) is 5.32 Å². The van der Waals surface area contributed by atoms with Crippen LogP contribution in [0.3, 0.4) is 0 Å². The molecule has 0 rings (SSSR count). The molecule has 0 aromatic heterocycles. The smallest absolute Gasteiger partial charge is 0.0431 e. The van der Waals surface area contributed by atoms with Crippen LogP contribution in [0, 0.1) is 0 Å². The van der Waals surface area contributed by atoms with Gasteiger partial charge in [0.25, 0.3) is 0 Å². The Bertz CT molecular complexity index is 190. The first kappa shape index (κ1) is 23.9. The lowest BCUT2D eigenvalue weighted by Gasteiger charge is -2.05. The van der Waals surface area contributed by atoms with Gasteiger partial charge in [0.2, 0.25) is 0 Å². The summed E-state index contributed by atoms with van der Waals surface area (Å²) in [7, 11) is 0.